The van der Waals surface area contributed by atoms with Crippen LogP contribution in [0.5, 0.6) is 0 Å². The van der Waals surface area contributed by atoms with Crippen LogP contribution < -0.4 is 0 Å². The van der Waals surface area contributed by atoms with Crippen LogP contribution in [0.15, 0.2) is 11.4 Å². The van der Waals surface area contributed by atoms with Crippen LogP contribution in [-0.4, -0.2) is 29.7 Å². The highest BCUT2D eigenvalue weighted by molar-refractivity contribution is 7.10. The van der Waals surface area contributed by atoms with Crippen molar-refractivity contribution in [2.75, 3.05) is 19.7 Å². The first-order chi connectivity index (χ1) is 7.79. The Hall–Kier alpha value is -0.0900. The minimum Gasteiger partial charge on any atom is -0.396 e. The van der Waals surface area contributed by atoms with E-state index >= 15 is 0 Å². The molecule has 0 amide bonds. The number of thiophene rings is 1. The Morgan fingerprint density at radius 1 is 1.50 bits per heavy atom. The second kappa shape index (κ2) is 6.01. The highest BCUT2D eigenvalue weighted by Gasteiger charge is 2.18. The Labute approximate surface area is 106 Å². The predicted molar refractivity (Wildman–Crippen MR) is 69.0 cm³/mol. The molecule has 2 nitrogen and oxygen atoms in total. The van der Waals surface area contributed by atoms with Crippen molar-refractivity contribution in [3.05, 3.63) is 21.3 Å². The van der Waals surface area contributed by atoms with Crippen LogP contribution in [0.4, 0.5) is 0 Å². The summed E-state index contributed by atoms with van der Waals surface area (Å²) < 4.78 is 0. The molecule has 16 heavy (non-hydrogen) atoms. The largest absolute Gasteiger partial charge is 0.396 e. The standard InChI is InChI=1S/C12H18ClNOS/c13-11-4-6-16-12(11)8-14-5-2-1-3-10(7-14)9-15/h4,6,10,15H,1-3,5,7-9H2/t10-/m0/s1. The molecule has 0 radical (unpaired) electrons. The second-order valence-corrected chi connectivity index (χ2v) is 5.88. The molecule has 0 spiro atoms. The maximum absolute atomic E-state index is 9.26. The van der Waals surface area contributed by atoms with Crippen molar-refractivity contribution in [2.24, 2.45) is 5.92 Å². The van der Waals surface area contributed by atoms with Gasteiger partial charge in [-0.25, -0.2) is 0 Å². The van der Waals surface area contributed by atoms with Gasteiger partial charge in [-0.15, -0.1) is 11.3 Å². The fraction of sp³-hybridized carbons (Fsp3) is 0.667. The summed E-state index contributed by atoms with van der Waals surface area (Å²) in [7, 11) is 0. The van der Waals surface area contributed by atoms with Crippen LogP contribution in [-0.2, 0) is 6.54 Å². The van der Waals surface area contributed by atoms with E-state index in [0.717, 1.165) is 31.1 Å². The van der Waals surface area contributed by atoms with E-state index in [9.17, 15) is 5.11 Å². The number of halogens is 1. The van der Waals surface area contributed by atoms with Crippen molar-refractivity contribution in [1.82, 2.24) is 4.90 Å². The van der Waals surface area contributed by atoms with Gasteiger partial charge in [0.25, 0.3) is 0 Å². The lowest BCUT2D eigenvalue weighted by Crippen LogP contribution is -2.29. The average Bonchev–Trinajstić information content (AvgIpc) is 2.55. The van der Waals surface area contributed by atoms with Crippen molar-refractivity contribution in [2.45, 2.75) is 25.8 Å². The quantitative estimate of drug-likeness (QED) is 0.902. The molecule has 1 saturated heterocycles. The third-order valence-electron chi connectivity index (χ3n) is 3.17. The first-order valence-corrected chi connectivity index (χ1v) is 7.10. The number of nitrogens with zero attached hydrogens (tertiary/aromatic N) is 1. The Bertz CT molecular complexity index is 329. The van der Waals surface area contributed by atoms with E-state index in [4.69, 9.17) is 11.6 Å². The Morgan fingerprint density at radius 3 is 3.06 bits per heavy atom. The molecule has 0 aliphatic carbocycles. The van der Waals surface area contributed by atoms with Gasteiger partial charge in [0.2, 0.25) is 0 Å². The van der Waals surface area contributed by atoms with Crippen LogP contribution in [0.2, 0.25) is 5.02 Å². The van der Waals surface area contributed by atoms with Crippen molar-refractivity contribution >= 4 is 22.9 Å². The minimum atomic E-state index is 0.314. The zero-order valence-electron chi connectivity index (χ0n) is 9.36. The van der Waals surface area contributed by atoms with Crippen molar-refractivity contribution < 1.29 is 5.11 Å². The van der Waals surface area contributed by atoms with Crippen LogP contribution in [0.25, 0.3) is 0 Å². The molecule has 0 unspecified atom stereocenters. The molecule has 1 aromatic rings. The Morgan fingerprint density at radius 2 is 2.38 bits per heavy atom. The maximum atomic E-state index is 9.26. The van der Waals surface area contributed by atoms with Crippen molar-refractivity contribution in [3.8, 4) is 0 Å². The Kier molecular flexibility index (Phi) is 4.65. The third kappa shape index (κ3) is 3.20. The fourth-order valence-electron chi connectivity index (χ4n) is 2.25. The third-order valence-corrected chi connectivity index (χ3v) is 4.54. The summed E-state index contributed by atoms with van der Waals surface area (Å²) in [5, 5.41) is 12.2. The van der Waals surface area contributed by atoms with Gasteiger partial charge in [-0.1, -0.05) is 18.0 Å². The summed E-state index contributed by atoms with van der Waals surface area (Å²) in [4.78, 5) is 3.67. The van der Waals surface area contributed by atoms with Gasteiger partial charge < -0.3 is 5.11 Å². The zero-order valence-corrected chi connectivity index (χ0v) is 10.9. The summed E-state index contributed by atoms with van der Waals surface area (Å²) in [5.74, 6) is 0.446. The lowest BCUT2D eigenvalue weighted by molar-refractivity contribution is 0.170. The topological polar surface area (TPSA) is 23.5 Å². The molecule has 2 rings (SSSR count). The van der Waals surface area contributed by atoms with E-state index in [1.807, 2.05) is 11.4 Å². The molecular formula is C12H18ClNOS. The SMILES string of the molecule is OC[C@H]1CCCCN(Cc2sccc2Cl)C1. The number of hydrogen-bond donors (Lipinski definition) is 1. The molecule has 1 N–H and O–H groups in total. The molecule has 1 fully saturated rings. The second-order valence-electron chi connectivity index (χ2n) is 4.47. The van der Waals surface area contributed by atoms with Crippen LogP contribution in [0.3, 0.4) is 0 Å². The summed E-state index contributed by atoms with van der Waals surface area (Å²) >= 11 is 7.83. The van der Waals surface area contributed by atoms with Gasteiger partial charge in [0.05, 0.1) is 5.02 Å². The Balaban J connectivity index is 1.95. The summed E-state index contributed by atoms with van der Waals surface area (Å²) in [5.41, 5.74) is 0. The van der Waals surface area contributed by atoms with Gasteiger partial charge in [0.15, 0.2) is 0 Å². The molecule has 0 bridgehead atoms. The molecule has 0 saturated carbocycles. The van der Waals surface area contributed by atoms with Gasteiger partial charge in [0.1, 0.15) is 0 Å². The lowest BCUT2D eigenvalue weighted by atomic mass is 10.1. The monoisotopic (exact) mass is 259 g/mol. The summed E-state index contributed by atoms with van der Waals surface area (Å²) in [6, 6.07) is 1.96. The van der Waals surface area contributed by atoms with E-state index < -0.39 is 0 Å². The number of aliphatic hydroxyl groups is 1. The molecule has 1 aromatic heterocycles. The number of aliphatic hydroxyl groups excluding tert-OH is 1. The van der Waals surface area contributed by atoms with Crippen LogP contribution in [0.1, 0.15) is 24.1 Å². The molecule has 1 atom stereocenters. The van der Waals surface area contributed by atoms with E-state index in [1.54, 1.807) is 11.3 Å². The smallest absolute Gasteiger partial charge is 0.0558 e. The first-order valence-electron chi connectivity index (χ1n) is 5.84. The fourth-order valence-corrected chi connectivity index (χ4v) is 3.39. The maximum Gasteiger partial charge on any atom is 0.0558 e. The van der Waals surface area contributed by atoms with E-state index in [0.29, 0.717) is 12.5 Å². The van der Waals surface area contributed by atoms with Crippen LogP contribution >= 0.6 is 22.9 Å². The van der Waals surface area contributed by atoms with Gasteiger partial charge in [-0.05, 0) is 36.8 Å². The highest BCUT2D eigenvalue weighted by atomic mass is 35.5. The number of hydrogen-bond acceptors (Lipinski definition) is 3. The van der Waals surface area contributed by atoms with E-state index in [2.05, 4.69) is 4.90 Å². The van der Waals surface area contributed by atoms with Gasteiger partial charge >= 0.3 is 0 Å². The predicted octanol–water partition coefficient (Wildman–Crippen LogP) is 3.00. The highest BCUT2D eigenvalue weighted by Crippen LogP contribution is 2.25. The number of rotatable bonds is 3. The van der Waals surface area contributed by atoms with E-state index in [-0.39, 0.29) is 0 Å². The minimum absolute atomic E-state index is 0.314. The van der Waals surface area contributed by atoms with Crippen molar-refractivity contribution in [3.63, 3.8) is 0 Å². The normalized spacial score (nSPS) is 23.2. The molecule has 4 heteroatoms. The van der Waals surface area contributed by atoms with Crippen molar-refractivity contribution in [1.29, 1.82) is 0 Å². The van der Waals surface area contributed by atoms with E-state index in [1.165, 1.54) is 17.7 Å². The van der Waals surface area contributed by atoms with Gasteiger partial charge in [-0.2, -0.15) is 0 Å². The molecule has 0 aromatic carbocycles. The molecular weight excluding hydrogens is 242 g/mol. The molecule has 2 heterocycles. The first kappa shape index (κ1) is 12.4. The summed E-state index contributed by atoms with van der Waals surface area (Å²) in [6.45, 7) is 3.39. The summed E-state index contributed by atoms with van der Waals surface area (Å²) in [6.07, 6.45) is 3.63. The zero-order chi connectivity index (χ0) is 11.4. The van der Waals surface area contributed by atoms with Gasteiger partial charge in [-0.3, -0.25) is 4.90 Å². The number of likely N-dealkylation sites (tertiary alicyclic amines) is 1. The average molecular weight is 260 g/mol. The molecule has 1 aliphatic heterocycles. The lowest BCUT2D eigenvalue weighted by Gasteiger charge is -2.22. The van der Waals surface area contributed by atoms with Crippen LogP contribution in [0, 0.1) is 5.92 Å². The molecule has 90 valence electrons. The van der Waals surface area contributed by atoms with Gasteiger partial charge in [0, 0.05) is 24.6 Å². The molecule has 1 aliphatic rings.